The minimum atomic E-state index is -0.601. The third kappa shape index (κ3) is 4.38. The number of nitrogens with zero attached hydrogens (tertiary/aromatic N) is 1. The molecular weight excluding hydrogens is 291 g/mol. The van der Waals surface area contributed by atoms with Crippen LogP contribution in [-0.2, 0) is 6.42 Å². The van der Waals surface area contributed by atoms with Crippen molar-refractivity contribution in [3.8, 4) is 11.8 Å². The number of aromatic nitrogens is 1. The second-order valence-corrected chi connectivity index (χ2v) is 4.86. The monoisotopic (exact) mass is 304 g/mol. The van der Waals surface area contributed by atoms with Crippen LogP contribution in [0.4, 0.5) is 4.39 Å². The lowest BCUT2D eigenvalue weighted by Crippen LogP contribution is -2.26. The highest BCUT2D eigenvalue weighted by atomic mass is 32.1. The number of benzene rings is 1. The SMILES string of the molecule is O=C(NCCc1cscn1)c1cc(C#CCO)ccc1F. The van der Waals surface area contributed by atoms with Gasteiger partial charge in [-0.1, -0.05) is 11.8 Å². The van der Waals surface area contributed by atoms with E-state index in [1.54, 1.807) is 5.51 Å². The highest BCUT2D eigenvalue weighted by molar-refractivity contribution is 7.07. The number of rotatable bonds is 4. The summed E-state index contributed by atoms with van der Waals surface area (Å²) in [5.74, 6) is 4.00. The van der Waals surface area contributed by atoms with E-state index in [1.165, 1.54) is 29.5 Å². The van der Waals surface area contributed by atoms with Crippen LogP contribution in [-0.4, -0.2) is 29.1 Å². The molecule has 21 heavy (non-hydrogen) atoms. The average Bonchev–Trinajstić information content (AvgIpc) is 2.99. The minimum absolute atomic E-state index is 0.0574. The Morgan fingerprint density at radius 1 is 1.48 bits per heavy atom. The predicted octanol–water partition coefficient (Wildman–Crippen LogP) is 1.60. The second kappa shape index (κ2) is 7.53. The standard InChI is InChI=1S/C15H13FN2O2S/c16-14-4-3-11(2-1-7-19)8-13(14)15(20)17-6-5-12-9-21-10-18-12/h3-4,8-10,19H,5-7H2,(H,17,20). The van der Waals surface area contributed by atoms with Crippen molar-refractivity contribution in [2.45, 2.75) is 6.42 Å². The van der Waals surface area contributed by atoms with Gasteiger partial charge in [-0.15, -0.1) is 11.3 Å². The summed E-state index contributed by atoms with van der Waals surface area (Å²) in [6.07, 6.45) is 0.598. The first-order valence-electron chi connectivity index (χ1n) is 6.25. The Labute approximate surface area is 125 Å². The van der Waals surface area contributed by atoms with Gasteiger partial charge in [0.05, 0.1) is 16.8 Å². The summed E-state index contributed by atoms with van der Waals surface area (Å²) in [4.78, 5) is 16.1. The van der Waals surface area contributed by atoms with Crippen LogP contribution in [0.1, 0.15) is 21.6 Å². The second-order valence-electron chi connectivity index (χ2n) is 4.14. The first-order chi connectivity index (χ1) is 10.2. The summed E-state index contributed by atoms with van der Waals surface area (Å²) in [6.45, 7) is 0.0983. The van der Waals surface area contributed by atoms with Crippen LogP contribution in [0.5, 0.6) is 0 Å². The lowest BCUT2D eigenvalue weighted by Gasteiger charge is -2.06. The van der Waals surface area contributed by atoms with Gasteiger partial charge in [0.15, 0.2) is 0 Å². The summed E-state index contributed by atoms with van der Waals surface area (Å²) in [5.41, 5.74) is 3.04. The molecule has 6 heteroatoms. The van der Waals surface area contributed by atoms with Crippen molar-refractivity contribution in [2.24, 2.45) is 0 Å². The Balaban J connectivity index is 2.00. The first kappa shape index (κ1) is 15.2. The molecule has 0 saturated carbocycles. The largest absolute Gasteiger partial charge is 0.384 e. The number of nitrogens with one attached hydrogen (secondary N) is 1. The van der Waals surface area contributed by atoms with E-state index in [1.807, 2.05) is 5.38 Å². The van der Waals surface area contributed by atoms with Crippen LogP contribution in [0, 0.1) is 17.7 Å². The van der Waals surface area contributed by atoms with Crippen LogP contribution in [0.25, 0.3) is 0 Å². The highest BCUT2D eigenvalue weighted by Gasteiger charge is 2.11. The number of hydrogen-bond acceptors (Lipinski definition) is 4. The van der Waals surface area contributed by atoms with Crippen molar-refractivity contribution in [2.75, 3.05) is 13.2 Å². The number of amides is 1. The highest BCUT2D eigenvalue weighted by Crippen LogP contribution is 2.10. The average molecular weight is 304 g/mol. The van der Waals surface area contributed by atoms with Gasteiger partial charge < -0.3 is 10.4 Å². The van der Waals surface area contributed by atoms with Crippen molar-refractivity contribution < 1.29 is 14.3 Å². The number of carbonyl (C=O) groups is 1. The third-order valence-corrected chi connectivity index (χ3v) is 3.31. The summed E-state index contributed by atoms with van der Waals surface area (Å²) in [6, 6.07) is 4.02. The summed E-state index contributed by atoms with van der Waals surface area (Å²) >= 11 is 1.49. The van der Waals surface area contributed by atoms with E-state index in [0.29, 0.717) is 18.5 Å². The van der Waals surface area contributed by atoms with Crippen LogP contribution < -0.4 is 5.32 Å². The van der Waals surface area contributed by atoms with Gasteiger partial charge in [-0.3, -0.25) is 4.79 Å². The molecule has 108 valence electrons. The predicted molar refractivity (Wildman–Crippen MR) is 78.5 cm³/mol. The van der Waals surface area contributed by atoms with Gasteiger partial charge in [0.25, 0.3) is 5.91 Å². The molecule has 2 N–H and O–H groups in total. The summed E-state index contributed by atoms with van der Waals surface area (Å²) in [5, 5.41) is 13.2. The van der Waals surface area contributed by atoms with E-state index >= 15 is 0 Å². The van der Waals surface area contributed by atoms with E-state index in [0.717, 1.165) is 5.69 Å². The van der Waals surface area contributed by atoms with E-state index in [2.05, 4.69) is 22.1 Å². The van der Waals surface area contributed by atoms with Gasteiger partial charge in [0.2, 0.25) is 0 Å². The Bertz CT molecular complexity index is 675. The molecule has 0 bridgehead atoms. The van der Waals surface area contributed by atoms with Crippen molar-refractivity contribution >= 4 is 17.2 Å². The lowest BCUT2D eigenvalue weighted by molar-refractivity contribution is 0.0950. The number of thiazole rings is 1. The molecule has 1 aromatic heterocycles. The molecule has 0 atom stereocenters. The van der Waals surface area contributed by atoms with Gasteiger partial charge in [-0.05, 0) is 18.2 Å². The van der Waals surface area contributed by atoms with Crippen LogP contribution >= 0.6 is 11.3 Å². The third-order valence-electron chi connectivity index (χ3n) is 2.67. The van der Waals surface area contributed by atoms with Crippen molar-refractivity contribution in [1.29, 1.82) is 0 Å². The Morgan fingerprint density at radius 2 is 2.33 bits per heavy atom. The molecule has 0 unspecified atom stereocenters. The zero-order valence-corrected chi connectivity index (χ0v) is 11.9. The van der Waals surface area contributed by atoms with Crippen molar-refractivity contribution in [3.63, 3.8) is 0 Å². The number of hydrogen-bond donors (Lipinski definition) is 2. The molecule has 0 aliphatic carbocycles. The molecule has 0 saturated heterocycles. The van der Waals surface area contributed by atoms with Gasteiger partial charge in [-0.2, -0.15) is 0 Å². The minimum Gasteiger partial charge on any atom is -0.384 e. The molecule has 2 rings (SSSR count). The number of halogens is 1. The molecule has 0 aliphatic rings. The van der Waals surface area contributed by atoms with E-state index in [4.69, 9.17) is 5.11 Å². The van der Waals surface area contributed by atoms with Gasteiger partial charge >= 0.3 is 0 Å². The Morgan fingerprint density at radius 3 is 3.05 bits per heavy atom. The molecule has 0 radical (unpaired) electrons. The molecule has 0 fully saturated rings. The quantitative estimate of drug-likeness (QED) is 0.843. The van der Waals surface area contributed by atoms with Crippen LogP contribution in [0.2, 0.25) is 0 Å². The number of carbonyl (C=O) groups excluding carboxylic acids is 1. The molecule has 0 aliphatic heterocycles. The number of aliphatic hydroxyl groups is 1. The molecule has 1 amide bonds. The normalized spacial score (nSPS) is 9.81. The fourth-order valence-corrected chi connectivity index (χ4v) is 2.27. The van der Waals surface area contributed by atoms with Crippen LogP contribution in [0.15, 0.2) is 29.1 Å². The fraction of sp³-hybridized carbons (Fsp3) is 0.200. The topological polar surface area (TPSA) is 62.2 Å². The smallest absolute Gasteiger partial charge is 0.254 e. The zero-order valence-electron chi connectivity index (χ0n) is 11.1. The molecular formula is C15H13FN2O2S. The van der Waals surface area contributed by atoms with E-state index < -0.39 is 11.7 Å². The van der Waals surface area contributed by atoms with Crippen LogP contribution in [0.3, 0.4) is 0 Å². The van der Waals surface area contributed by atoms with Gasteiger partial charge in [-0.25, -0.2) is 9.37 Å². The Hall–Kier alpha value is -2.23. The van der Waals surface area contributed by atoms with Crippen molar-refractivity contribution in [3.05, 3.63) is 51.7 Å². The van der Waals surface area contributed by atoms with Gasteiger partial charge in [0, 0.05) is 23.9 Å². The maximum absolute atomic E-state index is 13.7. The molecule has 1 aromatic carbocycles. The molecule has 1 heterocycles. The molecule has 0 spiro atoms. The summed E-state index contributed by atoms with van der Waals surface area (Å²) < 4.78 is 13.7. The number of aliphatic hydroxyl groups excluding tert-OH is 1. The molecule has 2 aromatic rings. The van der Waals surface area contributed by atoms with E-state index in [9.17, 15) is 9.18 Å². The zero-order chi connectivity index (χ0) is 15.1. The summed E-state index contributed by atoms with van der Waals surface area (Å²) in [7, 11) is 0. The van der Waals surface area contributed by atoms with E-state index in [-0.39, 0.29) is 12.2 Å². The fourth-order valence-electron chi connectivity index (χ4n) is 1.68. The Kier molecular flexibility index (Phi) is 5.43. The maximum atomic E-state index is 13.7. The van der Waals surface area contributed by atoms with Crippen molar-refractivity contribution in [1.82, 2.24) is 10.3 Å². The van der Waals surface area contributed by atoms with Gasteiger partial charge in [0.1, 0.15) is 12.4 Å². The lowest BCUT2D eigenvalue weighted by atomic mass is 10.1. The molecule has 4 nitrogen and oxygen atoms in total. The first-order valence-corrected chi connectivity index (χ1v) is 7.19. The maximum Gasteiger partial charge on any atom is 0.254 e.